The van der Waals surface area contributed by atoms with Crippen molar-refractivity contribution >= 4 is 17.6 Å². The Morgan fingerprint density at radius 1 is 1.00 bits per heavy atom. The summed E-state index contributed by atoms with van der Waals surface area (Å²) in [6.07, 6.45) is 9.11. The number of carbonyl (C=O) groups is 2. The van der Waals surface area contributed by atoms with Crippen LogP contribution in [0.2, 0.25) is 0 Å². The van der Waals surface area contributed by atoms with Gasteiger partial charge in [-0.05, 0) is 56.4 Å². The molecule has 0 atom stereocenters. The van der Waals surface area contributed by atoms with E-state index in [2.05, 4.69) is 10.6 Å². The zero-order valence-electron chi connectivity index (χ0n) is 15.1. The van der Waals surface area contributed by atoms with Gasteiger partial charge in [-0.25, -0.2) is 4.79 Å². The minimum Gasteiger partial charge on any atom is -0.349 e. The first-order valence-corrected chi connectivity index (χ1v) is 9.61. The lowest BCUT2D eigenvalue weighted by molar-refractivity contribution is 0.0938. The van der Waals surface area contributed by atoms with Crippen LogP contribution in [0.25, 0.3) is 0 Å². The molecule has 1 aromatic rings. The molecule has 25 heavy (non-hydrogen) atoms. The number of amides is 3. The SMILES string of the molecule is Cc1cc(C(=O)NC2CCCC2)ccc1NC(=O)N1CCCCCC1. The molecule has 2 fully saturated rings. The average Bonchev–Trinajstić information content (AvgIpc) is 2.95. The van der Waals surface area contributed by atoms with Crippen molar-refractivity contribution in [2.24, 2.45) is 0 Å². The third-order valence-corrected chi connectivity index (χ3v) is 5.31. The zero-order chi connectivity index (χ0) is 17.6. The summed E-state index contributed by atoms with van der Waals surface area (Å²) in [6.45, 7) is 3.59. The van der Waals surface area contributed by atoms with Crippen LogP contribution in [0.1, 0.15) is 67.3 Å². The molecule has 1 heterocycles. The maximum atomic E-state index is 12.5. The van der Waals surface area contributed by atoms with Gasteiger partial charge < -0.3 is 15.5 Å². The van der Waals surface area contributed by atoms with Crippen molar-refractivity contribution in [1.29, 1.82) is 0 Å². The summed E-state index contributed by atoms with van der Waals surface area (Å²) in [5, 5.41) is 6.11. The van der Waals surface area contributed by atoms with Gasteiger partial charge in [0.2, 0.25) is 0 Å². The first-order chi connectivity index (χ1) is 12.1. The molecule has 2 aliphatic rings. The number of nitrogens with zero attached hydrogens (tertiary/aromatic N) is 1. The number of nitrogens with one attached hydrogen (secondary N) is 2. The van der Waals surface area contributed by atoms with Gasteiger partial charge in [0, 0.05) is 30.4 Å². The molecular weight excluding hydrogens is 314 g/mol. The first kappa shape index (κ1) is 17.8. The van der Waals surface area contributed by atoms with Crippen LogP contribution < -0.4 is 10.6 Å². The van der Waals surface area contributed by atoms with Crippen LogP contribution in [0.15, 0.2) is 18.2 Å². The Morgan fingerprint density at radius 3 is 2.32 bits per heavy atom. The maximum Gasteiger partial charge on any atom is 0.321 e. The zero-order valence-corrected chi connectivity index (χ0v) is 15.1. The van der Waals surface area contributed by atoms with Gasteiger partial charge in [-0.3, -0.25) is 4.79 Å². The normalized spacial score (nSPS) is 18.7. The minimum atomic E-state index is -0.0341. The second-order valence-corrected chi connectivity index (χ2v) is 7.32. The van der Waals surface area contributed by atoms with Crippen LogP contribution in [0.4, 0.5) is 10.5 Å². The van der Waals surface area contributed by atoms with Gasteiger partial charge in [0.15, 0.2) is 0 Å². The van der Waals surface area contributed by atoms with E-state index in [1.807, 2.05) is 24.0 Å². The molecule has 3 amide bonds. The van der Waals surface area contributed by atoms with Crippen molar-refractivity contribution in [2.75, 3.05) is 18.4 Å². The largest absolute Gasteiger partial charge is 0.349 e. The van der Waals surface area contributed by atoms with Crippen LogP contribution >= 0.6 is 0 Å². The van der Waals surface area contributed by atoms with Gasteiger partial charge in [-0.15, -0.1) is 0 Å². The molecule has 0 unspecified atom stereocenters. The van der Waals surface area contributed by atoms with E-state index < -0.39 is 0 Å². The van der Waals surface area contributed by atoms with Crippen molar-refractivity contribution in [3.63, 3.8) is 0 Å². The van der Waals surface area contributed by atoms with Crippen LogP contribution in [-0.4, -0.2) is 36.0 Å². The molecule has 5 heteroatoms. The third-order valence-electron chi connectivity index (χ3n) is 5.31. The summed E-state index contributed by atoms with van der Waals surface area (Å²) >= 11 is 0. The number of likely N-dealkylation sites (tertiary alicyclic amines) is 1. The van der Waals surface area contributed by atoms with E-state index >= 15 is 0 Å². The Kier molecular flexibility index (Phi) is 5.95. The molecule has 0 bridgehead atoms. The van der Waals surface area contributed by atoms with Crippen molar-refractivity contribution in [1.82, 2.24) is 10.2 Å². The molecule has 1 saturated carbocycles. The van der Waals surface area contributed by atoms with Crippen molar-refractivity contribution in [3.05, 3.63) is 29.3 Å². The summed E-state index contributed by atoms with van der Waals surface area (Å²) in [7, 11) is 0. The topological polar surface area (TPSA) is 61.4 Å². The standard InChI is InChI=1S/C20H29N3O2/c1-15-14-16(19(24)21-17-8-4-5-9-17)10-11-18(15)22-20(25)23-12-6-2-3-7-13-23/h10-11,14,17H,2-9,12-13H2,1H3,(H,21,24)(H,22,25). The molecule has 0 aromatic heterocycles. The summed E-state index contributed by atoms with van der Waals surface area (Å²) in [5.74, 6) is -0.0135. The summed E-state index contributed by atoms with van der Waals surface area (Å²) in [5.41, 5.74) is 2.37. The molecular formula is C20H29N3O2. The highest BCUT2D eigenvalue weighted by Crippen LogP contribution is 2.21. The van der Waals surface area contributed by atoms with Crippen molar-refractivity contribution in [2.45, 2.75) is 64.3 Å². The smallest absolute Gasteiger partial charge is 0.321 e. The fourth-order valence-corrected chi connectivity index (χ4v) is 3.75. The van der Waals surface area contributed by atoms with Crippen LogP contribution in [-0.2, 0) is 0 Å². The predicted molar refractivity (Wildman–Crippen MR) is 100.0 cm³/mol. The van der Waals surface area contributed by atoms with E-state index in [1.165, 1.54) is 25.7 Å². The van der Waals surface area contributed by atoms with Crippen LogP contribution in [0, 0.1) is 6.92 Å². The molecule has 136 valence electrons. The van der Waals surface area contributed by atoms with Gasteiger partial charge in [0.1, 0.15) is 0 Å². The summed E-state index contributed by atoms with van der Waals surface area (Å²) < 4.78 is 0. The molecule has 2 N–H and O–H groups in total. The number of benzene rings is 1. The first-order valence-electron chi connectivity index (χ1n) is 9.61. The highest BCUT2D eigenvalue weighted by molar-refractivity contribution is 5.96. The second kappa shape index (κ2) is 8.37. The number of hydrogen-bond donors (Lipinski definition) is 2. The Bertz CT molecular complexity index is 615. The van der Waals surface area contributed by atoms with Gasteiger partial charge in [-0.2, -0.15) is 0 Å². The number of urea groups is 1. The Morgan fingerprint density at radius 2 is 1.68 bits per heavy atom. The van der Waals surface area contributed by atoms with E-state index in [0.29, 0.717) is 11.6 Å². The number of rotatable bonds is 3. The molecule has 1 aliphatic heterocycles. The van der Waals surface area contributed by atoms with Gasteiger partial charge >= 0.3 is 6.03 Å². The average molecular weight is 343 g/mol. The maximum absolute atomic E-state index is 12.5. The third kappa shape index (κ3) is 4.74. The molecule has 0 radical (unpaired) electrons. The fraction of sp³-hybridized carbons (Fsp3) is 0.600. The van der Waals surface area contributed by atoms with E-state index in [1.54, 1.807) is 6.07 Å². The Balaban J connectivity index is 1.60. The monoisotopic (exact) mass is 343 g/mol. The van der Waals surface area contributed by atoms with Gasteiger partial charge in [-0.1, -0.05) is 25.7 Å². The number of aryl methyl sites for hydroxylation is 1. The fourth-order valence-electron chi connectivity index (χ4n) is 3.75. The van der Waals surface area contributed by atoms with E-state index in [9.17, 15) is 9.59 Å². The summed E-state index contributed by atoms with van der Waals surface area (Å²) in [4.78, 5) is 26.7. The van der Waals surface area contributed by atoms with Crippen molar-refractivity contribution < 1.29 is 9.59 Å². The highest BCUT2D eigenvalue weighted by atomic mass is 16.2. The summed E-state index contributed by atoms with van der Waals surface area (Å²) in [6, 6.07) is 5.79. The number of carbonyl (C=O) groups excluding carboxylic acids is 2. The quantitative estimate of drug-likeness (QED) is 0.869. The lowest BCUT2D eigenvalue weighted by atomic mass is 10.1. The second-order valence-electron chi connectivity index (χ2n) is 7.32. The lowest BCUT2D eigenvalue weighted by Gasteiger charge is -2.21. The lowest BCUT2D eigenvalue weighted by Crippen LogP contribution is -2.35. The van der Waals surface area contributed by atoms with E-state index in [0.717, 1.165) is 50.0 Å². The Labute approximate surface area is 150 Å². The molecule has 1 saturated heterocycles. The van der Waals surface area contributed by atoms with Gasteiger partial charge in [0.05, 0.1) is 0 Å². The number of anilines is 1. The van der Waals surface area contributed by atoms with Crippen LogP contribution in [0.5, 0.6) is 0 Å². The van der Waals surface area contributed by atoms with Gasteiger partial charge in [0.25, 0.3) is 5.91 Å². The molecule has 5 nitrogen and oxygen atoms in total. The van der Waals surface area contributed by atoms with Crippen molar-refractivity contribution in [3.8, 4) is 0 Å². The molecule has 3 rings (SSSR count). The van der Waals surface area contributed by atoms with E-state index in [-0.39, 0.29) is 11.9 Å². The molecule has 0 spiro atoms. The molecule has 1 aliphatic carbocycles. The van der Waals surface area contributed by atoms with E-state index in [4.69, 9.17) is 0 Å². The molecule has 1 aromatic carbocycles. The minimum absolute atomic E-state index is 0.0135. The highest BCUT2D eigenvalue weighted by Gasteiger charge is 2.19. The number of hydrogen-bond acceptors (Lipinski definition) is 2. The Hall–Kier alpha value is -2.04. The predicted octanol–water partition coefficient (Wildman–Crippen LogP) is 4.08. The van der Waals surface area contributed by atoms with Crippen LogP contribution in [0.3, 0.4) is 0 Å².